The molecule has 1 saturated carbocycles. The van der Waals surface area contributed by atoms with Gasteiger partial charge in [-0.3, -0.25) is 9.69 Å². The van der Waals surface area contributed by atoms with Crippen LogP contribution in [0.15, 0.2) is 4.52 Å². The molecule has 23 heavy (non-hydrogen) atoms. The first-order valence-electron chi connectivity index (χ1n) is 8.27. The summed E-state index contributed by atoms with van der Waals surface area (Å²) in [7, 11) is 0. The number of carboxylic acids is 1. The standard InChI is InChI=1S/C16H25N3O3.ClH/c1-11(2)5-6-13-17-14(22-18-13)9-19-8-12-4-3-7-16(12,10-19)15(20)21;/h11-12H,3-10H2,1-2H3,(H,20,21);1H/t12-,16+;/m0./s1. The normalized spacial score (nSPS) is 27.2. The average Bonchev–Trinajstić information content (AvgIpc) is 3.10. The van der Waals surface area contributed by atoms with Crippen LogP contribution in [0.4, 0.5) is 0 Å². The zero-order valence-electron chi connectivity index (χ0n) is 13.8. The summed E-state index contributed by atoms with van der Waals surface area (Å²) < 4.78 is 5.32. The molecular formula is C16H26ClN3O3. The Morgan fingerprint density at radius 1 is 1.52 bits per heavy atom. The molecule has 1 aliphatic carbocycles. The summed E-state index contributed by atoms with van der Waals surface area (Å²) in [5.74, 6) is 1.62. The molecular weight excluding hydrogens is 318 g/mol. The van der Waals surface area contributed by atoms with Gasteiger partial charge in [-0.05, 0) is 31.1 Å². The van der Waals surface area contributed by atoms with Crippen molar-refractivity contribution in [3.05, 3.63) is 11.7 Å². The molecule has 1 N–H and O–H groups in total. The summed E-state index contributed by atoms with van der Waals surface area (Å²) in [5.41, 5.74) is -0.541. The van der Waals surface area contributed by atoms with Crippen molar-refractivity contribution in [1.29, 1.82) is 0 Å². The molecule has 1 aromatic rings. The monoisotopic (exact) mass is 343 g/mol. The fraction of sp³-hybridized carbons (Fsp3) is 0.812. The number of nitrogens with zero attached hydrogens (tertiary/aromatic N) is 3. The van der Waals surface area contributed by atoms with Crippen molar-refractivity contribution in [2.75, 3.05) is 13.1 Å². The van der Waals surface area contributed by atoms with Crippen molar-refractivity contribution in [2.24, 2.45) is 17.3 Å². The molecule has 1 aromatic heterocycles. The third-order valence-electron chi connectivity index (χ3n) is 5.18. The highest BCUT2D eigenvalue weighted by Crippen LogP contribution is 2.49. The van der Waals surface area contributed by atoms with Crippen LogP contribution >= 0.6 is 12.4 Å². The number of carbonyl (C=O) groups is 1. The Bertz CT molecular complexity index is 548. The molecule has 0 spiro atoms. The van der Waals surface area contributed by atoms with E-state index in [0.717, 1.165) is 44.5 Å². The predicted octanol–water partition coefficient (Wildman–Crippen LogP) is 2.77. The second-order valence-corrected chi connectivity index (χ2v) is 7.26. The second-order valence-electron chi connectivity index (χ2n) is 7.26. The molecule has 3 rings (SSSR count). The number of likely N-dealkylation sites (tertiary alicyclic amines) is 1. The lowest BCUT2D eigenvalue weighted by atomic mass is 9.81. The van der Waals surface area contributed by atoms with Gasteiger partial charge in [0.05, 0.1) is 12.0 Å². The van der Waals surface area contributed by atoms with Crippen LogP contribution < -0.4 is 0 Å². The summed E-state index contributed by atoms with van der Waals surface area (Å²) in [6, 6.07) is 0. The first kappa shape index (κ1) is 18.2. The lowest BCUT2D eigenvalue weighted by molar-refractivity contribution is -0.149. The molecule has 2 aliphatic rings. The molecule has 0 radical (unpaired) electrons. The predicted molar refractivity (Wildman–Crippen MR) is 87.4 cm³/mol. The SMILES string of the molecule is CC(C)CCc1noc(CN2C[C@@H]3CCC[C@@]3(C(=O)O)C2)n1.Cl. The highest BCUT2D eigenvalue weighted by atomic mass is 35.5. The van der Waals surface area contributed by atoms with Gasteiger partial charge < -0.3 is 9.63 Å². The minimum Gasteiger partial charge on any atom is -0.481 e. The molecule has 6 nitrogen and oxygen atoms in total. The Morgan fingerprint density at radius 3 is 2.96 bits per heavy atom. The van der Waals surface area contributed by atoms with E-state index < -0.39 is 11.4 Å². The van der Waals surface area contributed by atoms with E-state index >= 15 is 0 Å². The van der Waals surface area contributed by atoms with Gasteiger partial charge in [0.15, 0.2) is 5.82 Å². The van der Waals surface area contributed by atoms with Crippen molar-refractivity contribution in [1.82, 2.24) is 15.0 Å². The van der Waals surface area contributed by atoms with E-state index in [-0.39, 0.29) is 18.3 Å². The number of rotatable bonds is 6. The summed E-state index contributed by atoms with van der Waals surface area (Å²) in [6.45, 7) is 6.36. The number of carboxylic acid groups (broad SMARTS) is 1. The van der Waals surface area contributed by atoms with Crippen molar-refractivity contribution >= 4 is 18.4 Å². The Morgan fingerprint density at radius 2 is 2.30 bits per heavy atom. The molecule has 2 heterocycles. The van der Waals surface area contributed by atoms with Gasteiger partial charge in [-0.25, -0.2) is 0 Å². The van der Waals surface area contributed by atoms with E-state index in [2.05, 4.69) is 28.9 Å². The molecule has 2 fully saturated rings. The zero-order chi connectivity index (χ0) is 15.7. The van der Waals surface area contributed by atoms with Crippen LogP contribution in [0.2, 0.25) is 0 Å². The number of aliphatic carboxylic acids is 1. The molecule has 130 valence electrons. The van der Waals surface area contributed by atoms with Crippen LogP contribution in [0.25, 0.3) is 0 Å². The highest BCUT2D eigenvalue weighted by Gasteiger charge is 2.54. The van der Waals surface area contributed by atoms with Crippen LogP contribution in [0.3, 0.4) is 0 Å². The first-order valence-corrected chi connectivity index (χ1v) is 8.27. The fourth-order valence-corrected chi connectivity index (χ4v) is 3.93. The van der Waals surface area contributed by atoms with Gasteiger partial charge in [0.2, 0.25) is 5.89 Å². The second kappa shape index (κ2) is 7.18. The number of aromatic nitrogens is 2. The van der Waals surface area contributed by atoms with Crippen LogP contribution in [-0.2, 0) is 17.8 Å². The van der Waals surface area contributed by atoms with E-state index in [1.165, 1.54) is 0 Å². The number of hydrogen-bond acceptors (Lipinski definition) is 5. The molecule has 2 atom stereocenters. The minimum absolute atomic E-state index is 0. The van der Waals surface area contributed by atoms with Gasteiger partial charge in [-0.2, -0.15) is 4.98 Å². The first-order chi connectivity index (χ1) is 10.5. The van der Waals surface area contributed by atoms with Gasteiger partial charge >= 0.3 is 5.97 Å². The minimum atomic E-state index is -0.638. The quantitative estimate of drug-likeness (QED) is 0.855. The third-order valence-corrected chi connectivity index (χ3v) is 5.18. The maximum atomic E-state index is 11.7. The van der Waals surface area contributed by atoms with E-state index in [9.17, 15) is 9.90 Å². The van der Waals surface area contributed by atoms with Gasteiger partial charge in [-0.15, -0.1) is 12.4 Å². The van der Waals surface area contributed by atoms with Crippen molar-refractivity contribution in [3.63, 3.8) is 0 Å². The van der Waals surface area contributed by atoms with Crippen LogP contribution in [0.1, 0.15) is 51.2 Å². The maximum Gasteiger partial charge on any atom is 0.311 e. The largest absolute Gasteiger partial charge is 0.481 e. The third kappa shape index (κ3) is 3.69. The van der Waals surface area contributed by atoms with E-state index in [4.69, 9.17) is 4.52 Å². The Labute approximate surface area is 143 Å². The van der Waals surface area contributed by atoms with Crippen molar-refractivity contribution < 1.29 is 14.4 Å². The van der Waals surface area contributed by atoms with Crippen LogP contribution in [0.5, 0.6) is 0 Å². The highest BCUT2D eigenvalue weighted by molar-refractivity contribution is 5.85. The number of aryl methyl sites for hydroxylation is 1. The van der Waals surface area contributed by atoms with Gasteiger partial charge in [0, 0.05) is 19.5 Å². The molecule has 0 aromatic carbocycles. The lowest BCUT2D eigenvalue weighted by Crippen LogP contribution is -2.35. The summed E-state index contributed by atoms with van der Waals surface area (Å²) in [5, 5.41) is 13.6. The van der Waals surface area contributed by atoms with Gasteiger partial charge in [0.1, 0.15) is 0 Å². The molecule has 0 bridgehead atoms. The molecule has 1 saturated heterocycles. The van der Waals surface area contributed by atoms with Crippen molar-refractivity contribution in [2.45, 2.75) is 52.5 Å². The smallest absolute Gasteiger partial charge is 0.311 e. The average molecular weight is 344 g/mol. The van der Waals surface area contributed by atoms with E-state index in [1.807, 2.05) is 0 Å². The zero-order valence-corrected chi connectivity index (χ0v) is 14.6. The molecule has 0 unspecified atom stereocenters. The number of fused-ring (bicyclic) bond motifs is 1. The molecule has 7 heteroatoms. The maximum absolute atomic E-state index is 11.7. The summed E-state index contributed by atoms with van der Waals surface area (Å²) >= 11 is 0. The van der Waals surface area contributed by atoms with E-state index in [0.29, 0.717) is 24.9 Å². The summed E-state index contributed by atoms with van der Waals surface area (Å²) in [4.78, 5) is 18.3. The number of halogens is 1. The van der Waals surface area contributed by atoms with Crippen molar-refractivity contribution in [3.8, 4) is 0 Å². The van der Waals surface area contributed by atoms with Crippen LogP contribution in [0, 0.1) is 17.3 Å². The Kier molecular flexibility index (Phi) is 5.68. The Balaban J connectivity index is 0.00000192. The fourth-order valence-electron chi connectivity index (χ4n) is 3.93. The Hall–Kier alpha value is -1.14. The summed E-state index contributed by atoms with van der Waals surface area (Å²) in [6.07, 6.45) is 4.74. The van der Waals surface area contributed by atoms with E-state index in [1.54, 1.807) is 0 Å². The van der Waals surface area contributed by atoms with Gasteiger partial charge in [-0.1, -0.05) is 25.4 Å². The molecule has 1 aliphatic heterocycles. The van der Waals surface area contributed by atoms with Crippen LogP contribution in [-0.4, -0.2) is 39.2 Å². The number of hydrogen-bond donors (Lipinski definition) is 1. The molecule has 0 amide bonds. The topological polar surface area (TPSA) is 79.5 Å². The lowest BCUT2D eigenvalue weighted by Gasteiger charge is -2.23. The van der Waals surface area contributed by atoms with Gasteiger partial charge in [0.25, 0.3) is 0 Å².